The fraction of sp³-hybridized carbons (Fsp3) is 0.588. The van der Waals surface area contributed by atoms with E-state index in [0.717, 1.165) is 12.8 Å². The first-order valence-electron chi connectivity index (χ1n) is 7.56. The highest BCUT2D eigenvalue weighted by atomic mass is 16.5. The fourth-order valence-corrected chi connectivity index (χ4v) is 3.04. The quantitative estimate of drug-likeness (QED) is 0.740. The van der Waals surface area contributed by atoms with Crippen LogP contribution in [0.15, 0.2) is 24.3 Å². The summed E-state index contributed by atoms with van der Waals surface area (Å²) in [6.45, 7) is 2.52. The van der Waals surface area contributed by atoms with E-state index in [-0.39, 0.29) is 11.9 Å². The summed E-state index contributed by atoms with van der Waals surface area (Å²) in [7, 11) is 1.60. The molecule has 0 heterocycles. The predicted molar refractivity (Wildman–Crippen MR) is 79.3 cm³/mol. The summed E-state index contributed by atoms with van der Waals surface area (Å²) < 4.78 is 11.1. The van der Waals surface area contributed by atoms with Crippen molar-refractivity contribution in [2.45, 2.75) is 45.1 Å². The maximum Gasteiger partial charge on any atom is 0.195 e. The predicted octanol–water partition coefficient (Wildman–Crippen LogP) is 3.86. The number of hydrogen-bond donors (Lipinski definition) is 0. The average Bonchev–Trinajstić information content (AvgIpc) is 2.52. The second-order valence-electron chi connectivity index (χ2n) is 5.34. The van der Waals surface area contributed by atoms with Crippen LogP contribution in [0, 0.1) is 5.92 Å². The molecule has 1 aliphatic rings. The first-order chi connectivity index (χ1) is 9.77. The molecule has 1 aromatic rings. The molecule has 3 heteroatoms. The lowest BCUT2D eigenvalue weighted by Gasteiger charge is -2.29. The number of rotatable bonds is 6. The highest BCUT2D eigenvalue weighted by molar-refractivity contribution is 6.02. The Kier molecular flexibility index (Phi) is 5.60. The molecular formula is C17H24O3. The van der Waals surface area contributed by atoms with E-state index in [1.807, 2.05) is 31.2 Å². The number of carbonyl (C=O) groups excluding carboxylic acids is 1. The molecule has 1 saturated carbocycles. The van der Waals surface area contributed by atoms with E-state index in [4.69, 9.17) is 9.47 Å². The second-order valence-corrected chi connectivity index (χ2v) is 5.34. The Labute approximate surface area is 121 Å². The zero-order valence-corrected chi connectivity index (χ0v) is 12.4. The Bertz CT molecular complexity index is 436. The van der Waals surface area contributed by atoms with Crippen LogP contribution < -0.4 is 4.74 Å². The SMILES string of the molecule is CCOC(C(=O)c1ccccc1OC)C1CCCCC1. The Morgan fingerprint density at radius 3 is 2.60 bits per heavy atom. The van der Waals surface area contributed by atoms with Gasteiger partial charge in [0.25, 0.3) is 0 Å². The van der Waals surface area contributed by atoms with Crippen molar-refractivity contribution >= 4 is 5.78 Å². The van der Waals surface area contributed by atoms with Crippen molar-refractivity contribution < 1.29 is 14.3 Å². The van der Waals surface area contributed by atoms with Crippen molar-refractivity contribution in [3.63, 3.8) is 0 Å². The minimum absolute atomic E-state index is 0.0659. The van der Waals surface area contributed by atoms with Crippen molar-refractivity contribution in [2.24, 2.45) is 5.92 Å². The summed E-state index contributed by atoms with van der Waals surface area (Å²) in [5.74, 6) is 1.05. The highest BCUT2D eigenvalue weighted by Crippen LogP contribution is 2.31. The maximum absolute atomic E-state index is 12.8. The fourth-order valence-electron chi connectivity index (χ4n) is 3.04. The lowest BCUT2D eigenvalue weighted by atomic mass is 9.82. The summed E-state index contributed by atoms with van der Waals surface area (Å²) in [6.07, 6.45) is 5.53. The van der Waals surface area contributed by atoms with Crippen LogP contribution in [0.1, 0.15) is 49.4 Å². The van der Waals surface area contributed by atoms with Crippen LogP contribution in [0.3, 0.4) is 0 Å². The van der Waals surface area contributed by atoms with Gasteiger partial charge in [-0.15, -0.1) is 0 Å². The summed E-state index contributed by atoms with van der Waals surface area (Å²) in [6, 6.07) is 7.42. The zero-order chi connectivity index (χ0) is 14.4. The van der Waals surface area contributed by atoms with Crippen molar-refractivity contribution in [1.29, 1.82) is 0 Å². The molecule has 0 bridgehead atoms. The summed E-state index contributed by atoms with van der Waals surface area (Å²) >= 11 is 0. The molecule has 1 unspecified atom stereocenters. The molecule has 1 fully saturated rings. The molecule has 0 aromatic heterocycles. The smallest absolute Gasteiger partial charge is 0.195 e. The molecule has 0 spiro atoms. The highest BCUT2D eigenvalue weighted by Gasteiger charge is 2.31. The van der Waals surface area contributed by atoms with Crippen LogP contribution in [0.4, 0.5) is 0 Å². The van der Waals surface area contributed by atoms with Crippen molar-refractivity contribution in [2.75, 3.05) is 13.7 Å². The molecule has 2 rings (SSSR count). The molecule has 1 atom stereocenters. The molecule has 0 amide bonds. The van der Waals surface area contributed by atoms with Gasteiger partial charge in [0.15, 0.2) is 5.78 Å². The molecule has 1 aliphatic carbocycles. The number of carbonyl (C=O) groups is 1. The minimum atomic E-state index is -0.323. The van der Waals surface area contributed by atoms with Gasteiger partial charge in [-0.2, -0.15) is 0 Å². The summed E-state index contributed by atoms with van der Waals surface area (Å²) in [4.78, 5) is 12.8. The van der Waals surface area contributed by atoms with Crippen molar-refractivity contribution in [3.8, 4) is 5.75 Å². The number of benzene rings is 1. The van der Waals surface area contributed by atoms with E-state index in [2.05, 4.69) is 0 Å². The van der Waals surface area contributed by atoms with Gasteiger partial charge in [0.05, 0.1) is 12.7 Å². The van der Waals surface area contributed by atoms with E-state index in [1.54, 1.807) is 7.11 Å². The standard InChI is InChI=1S/C17H24O3/c1-3-20-17(13-9-5-4-6-10-13)16(18)14-11-7-8-12-15(14)19-2/h7-8,11-13,17H,3-6,9-10H2,1-2H3. The topological polar surface area (TPSA) is 35.5 Å². The van der Waals surface area contributed by atoms with Crippen LogP contribution in [0.25, 0.3) is 0 Å². The van der Waals surface area contributed by atoms with E-state index in [1.165, 1.54) is 19.3 Å². The van der Waals surface area contributed by atoms with Crippen LogP contribution in [0.5, 0.6) is 5.75 Å². The van der Waals surface area contributed by atoms with E-state index < -0.39 is 0 Å². The molecule has 0 N–H and O–H groups in total. The van der Waals surface area contributed by atoms with E-state index >= 15 is 0 Å². The lowest BCUT2D eigenvalue weighted by Crippen LogP contribution is -2.34. The van der Waals surface area contributed by atoms with Gasteiger partial charge in [-0.25, -0.2) is 0 Å². The minimum Gasteiger partial charge on any atom is -0.496 e. The molecule has 0 radical (unpaired) electrons. The van der Waals surface area contributed by atoms with Gasteiger partial charge in [-0.3, -0.25) is 4.79 Å². The normalized spacial score (nSPS) is 17.7. The number of ketones is 1. The molecule has 20 heavy (non-hydrogen) atoms. The van der Waals surface area contributed by atoms with Crippen LogP contribution in [-0.2, 0) is 4.74 Å². The average molecular weight is 276 g/mol. The second kappa shape index (κ2) is 7.44. The monoisotopic (exact) mass is 276 g/mol. The molecule has 0 aliphatic heterocycles. The van der Waals surface area contributed by atoms with Gasteiger partial charge >= 0.3 is 0 Å². The molecule has 110 valence electrons. The Morgan fingerprint density at radius 1 is 1.25 bits per heavy atom. The number of methoxy groups -OCH3 is 1. The van der Waals surface area contributed by atoms with Gasteiger partial charge in [0, 0.05) is 6.61 Å². The third-order valence-electron chi connectivity index (χ3n) is 4.06. The molecular weight excluding hydrogens is 252 g/mol. The molecule has 3 nitrogen and oxygen atoms in total. The Morgan fingerprint density at radius 2 is 1.95 bits per heavy atom. The van der Waals surface area contributed by atoms with Gasteiger partial charge < -0.3 is 9.47 Å². The molecule has 0 saturated heterocycles. The van der Waals surface area contributed by atoms with Crippen molar-refractivity contribution in [3.05, 3.63) is 29.8 Å². The largest absolute Gasteiger partial charge is 0.496 e. The van der Waals surface area contributed by atoms with Gasteiger partial charge in [0.1, 0.15) is 11.9 Å². The first kappa shape index (κ1) is 15.0. The molecule has 1 aromatic carbocycles. The summed E-state index contributed by atoms with van der Waals surface area (Å²) in [5.41, 5.74) is 0.638. The number of ether oxygens (including phenoxy) is 2. The van der Waals surface area contributed by atoms with Gasteiger partial charge in [0.2, 0.25) is 0 Å². The summed E-state index contributed by atoms with van der Waals surface area (Å²) in [5, 5.41) is 0. The van der Waals surface area contributed by atoms with Crippen molar-refractivity contribution in [1.82, 2.24) is 0 Å². The third kappa shape index (κ3) is 3.40. The van der Waals surface area contributed by atoms with Crippen LogP contribution in [-0.4, -0.2) is 25.6 Å². The van der Waals surface area contributed by atoms with E-state index in [9.17, 15) is 4.79 Å². The third-order valence-corrected chi connectivity index (χ3v) is 4.06. The number of hydrogen-bond acceptors (Lipinski definition) is 3. The van der Waals surface area contributed by atoms with Gasteiger partial charge in [-0.05, 0) is 37.8 Å². The Hall–Kier alpha value is -1.35. The number of Topliss-reactive ketones (excluding diaryl/α,β-unsaturated/α-hetero) is 1. The van der Waals surface area contributed by atoms with Gasteiger partial charge in [-0.1, -0.05) is 31.4 Å². The maximum atomic E-state index is 12.8. The Balaban J connectivity index is 2.21. The zero-order valence-electron chi connectivity index (χ0n) is 12.4. The van der Waals surface area contributed by atoms with Crippen LogP contribution >= 0.6 is 0 Å². The first-order valence-corrected chi connectivity index (χ1v) is 7.56. The van der Waals surface area contributed by atoms with Crippen LogP contribution in [0.2, 0.25) is 0 Å². The lowest BCUT2D eigenvalue weighted by molar-refractivity contribution is 0.0125. The van der Waals surface area contributed by atoms with E-state index in [0.29, 0.717) is 23.8 Å². The number of para-hydroxylation sites is 1.